The Kier molecular flexibility index (Phi) is 6.71. The number of rotatable bonds is 5. The van der Waals surface area contributed by atoms with E-state index in [0.29, 0.717) is 26.0 Å². The number of hydrogen-bond acceptors (Lipinski definition) is 3. The molecular formula is C22H18ClF3N2O2S. The minimum Gasteiger partial charge on any atom is -0.337 e. The molecule has 0 saturated heterocycles. The topological polar surface area (TPSA) is 49.4 Å². The molecule has 1 heterocycles. The van der Waals surface area contributed by atoms with E-state index in [4.69, 9.17) is 11.6 Å². The fourth-order valence-corrected chi connectivity index (χ4v) is 4.30. The summed E-state index contributed by atoms with van der Waals surface area (Å²) in [7, 11) is 1.44. The Morgan fingerprint density at radius 1 is 1.10 bits per heavy atom. The number of halogens is 4. The molecule has 0 bridgehead atoms. The molecule has 2 aromatic carbocycles. The number of carbonyl (C=O) groups is 2. The van der Waals surface area contributed by atoms with Crippen LogP contribution in [0.25, 0.3) is 0 Å². The van der Waals surface area contributed by atoms with E-state index in [-0.39, 0.29) is 12.1 Å². The molecule has 9 heteroatoms. The zero-order valence-corrected chi connectivity index (χ0v) is 18.2. The summed E-state index contributed by atoms with van der Waals surface area (Å²) in [6.07, 6.45) is -4.50. The monoisotopic (exact) mass is 466 g/mol. The Balaban J connectivity index is 1.77. The van der Waals surface area contributed by atoms with Crippen molar-refractivity contribution >= 4 is 39.8 Å². The highest BCUT2D eigenvalue weighted by Gasteiger charge is 2.33. The Morgan fingerprint density at radius 3 is 2.42 bits per heavy atom. The van der Waals surface area contributed by atoms with Crippen LogP contribution in [-0.4, -0.2) is 23.8 Å². The van der Waals surface area contributed by atoms with Gasteiger partial charge in [-0.3, -0.25) is 9.59 Å². The third-order valence-corrected chi connectivity index (χ3v) is 6.01. The van der Waals surface area contributed by atoms with Crippen molar-refractivity contribution < 1.29 is 22.8 Å². The molecular weight excluding hydrogens is 449 g/mol. The molecule has 0 unspecified atom stereocenters. The van der Waals surface area contributed by atoms with Crippen molar-refractivity contribution in [1.82, 2.24) is 4.90 Å². The Labute approximate surface area is 186 Å². The van der Waals surface area contributed by atoms with Crippen LogP contribution in [0.1, 0.15) is 36.7 Å². The van der Waals surface area contributed by atoms with Gasteiger partial charge in [0.05, 0.1) is 26.0 Å². The number of benzene rings is 2. The summed E-state index contributed by atoms with van der Waals surface area (Å²) in [5.74, 6) is -0.851. The summed E-state index contributed by atoms with van der Waals surface area (Å²) in [6, 6.07) is 13.4. The standard InChI is InChI=1S/C22H18ClF3N2O2S/c1-13-11-18(27-20(29)15-8-4-6-10-17(15)23)31-19(13)21(30)28(2)12-14-7-3-5-9-16(14)22(24,25)26/h3-11H,12H2,1-2H3,(H,27,29). The summed E-state index contributed by atoms with van der Waals surface area (Å²) in [6.45, 7) is 1.50. The number of hydrogen-bond donors (Lipinski definition) is 1. The highest BCUT2D eigenvalue weighted by molar-refractivity contribution is 7.18. The maximum Gasteiger partial charge on any atom is 0.416 e. The van der Waals surface area contributed by atoms with Crippen molar-refractivity contribution in [3.8, 4) is 0 Å². The van der Waals surface area contributed by atoms with E-state index < -0.39 is 23.6 Å². The van der Waals surface area contributed by atoms with Gasteiger partial charge in [-0.1, -0.05) is 41.9 Å². The highest BCUT2D eigenvalue weighted by atomic mass is 35.5. The van der Waals surface area contributed by atoms with Gasteiger partial charge in [0.1, 0.15) is 0 Å². The van der Waals surface area contributed by atoms with Crippen LogP contribution in [0.4, 0.5) is 18.2 Å². The first kappa shape index (κ1) is 22.8. The van der Waals surface area contributed by atoms with Crippen LogP contribution in [-0.2, 0) is 12.7 Å². The largest absolute Gasteiger partial charge is 0.416 e. The second kappa shape index (κ2) is 9.11. The maximum absolute atomic E-state index is 13.2. The molecule has 31 heavy (non-hydrogen) atoms. The van der Waals surface area contributed by atoms with Crippen LogP contribution in [0.3, 0.4) is 0 Å². The lowest BCUT2D eigenvalue weighted by Crippen LogP contribution is -2.27. The summed E-state index contributed by atoms with van der Waals surface area (Å²) in [5, 5.41) is 3.45. The average molecular weight is 467 g/mol. The van der Waals surface area contributed by atoms with Gasteiger partial charge in [-0.15, -0.1) is 11.3 Å². The molecule has 1 N–H and O–H groups in total. The average Bonchev–Trinajstić information content (AvgIpc) is 3.07. The third-order valence-electron chi connectivity index (χ3n) is 4.54. The fourth-order valence-electron chi connectivity index (χ4n) is 3.02. The predicted molar refractivity (Wildman–Crippen MR) is 116 cm³/mol. The first-order chi connectivity index (χ1) is 14.6. The molecule has 0 atom stereocenters. The number of alkyl halides is 3. The van der Waals surface area contributed by atoms with Gasteiger partial charge in [0, 0.05) is 13.6 Å². The summed E-state index contributed by atoms with van der Waals surface area (Å²) >= 11 is 7.09. The van der Waals surface area contributed by atoms with Crippen LogP contribution in [0.2, 0.25) is 5.02 Å². The first-order valence-electron chi connectivity index (χ1n) is 9.15. The summed E-state index contributed by atoms with van der Waals surface area (Å²) in [5.41, 5.74) is 0.141. The fraction of sp³-hybridized carbons (Fsp3) is 0.182. The molecule has 3 aromatic rings. The van der Waals surface area contributed by atoms with E-state index in [2.05, 4.69) is 5.32 Å². The number of thiophene rings is 1. The van der Waals surface area contributed by atoms with Gasteiger partial charge < -0.3 is 10.2 Å². The lowest BCUT2D eigenvalue weighted by atomic mass is 10.1. The van der Waals surface area contributed by atoms with Gasteiger partial charge in [0.25, 0.3) is 11.8 Å². The van der Waals surface area contributed by atoms with Crippen molar-refractivity contribution in [2.24, 2.45) is 0 Å². The number of nitrogens with zero attached hydrogens (tertiary/aromatic N) is 1. The van der Waals surface area contributed by atoms with Crippen molar-refractivity contribution in [2.75, 3.05) is 12.4 Å². The minimum atomic E-state index is -4.50. The lowest BCUT2D eigenvalue weighted by molar-refractivity contribution is -0.138. The maximum atomic E-state index is 13.2. The zero-order chi connectivity index (χ0) is 22.8. The molecule has 2 amide bonds. The van der Waals surface area contributed by atoms with Crippen molar-refractivity contribution in [1.29, 1.82) is 0 Å². The van der Waals surface area contributed by atoms with Gasteiger partial charge in [0.2, 0.25) is 0 Å². The van der Waals surface area contributed by atoms with Crippen molar-refractivity contribution in [3.63, 3.8) is 0 Å². The van der Waals surface area contributed by atoms with Gasteiger partial charge in [-0.05, 0) is 42.3 Å². The molecule has 0 aliphatic carbocycles. The van der Waals surface area contributed by atoms with Gasteiger partial charge in [-0.2, -0.15) is 13.2 Å². The molecule has 4 nitrogen and oxygen atoms in total. The van der Waals surface area contributed by atoms with Gasteiger partial charge in [0.15, 0.2) is 0 Å². The second-order valence-corrected chi connectivity index (χ2v) is 8.33. The molecule has 162 valence electrons. The third kappa shape index (κ3) is 5.26. The minimum absolute atomic E-state index is 0.00676. The van der Waals surface area contributed by atoms with Gasteiger partial charge in [-0.25, -0.2) is 0 Å². The second-order valence-electron chi connectivity index (χ2n) is 6.87. The van der Waals surface area contributed by atoms with Crippen LogP contribution in [0.5, 0.6) is 0 Å². The van der Waals surface area contributed by atoms with Crippen molar-refractivity contribution in [2.45, 2.75) is 19.6 Å². The van der Waals surface area contributed by atoms with E-state index >= 15 is 0 Å². The number of aryl methyl sites for hydroxylation is 1. The number of carbonyl (C=O) groups excluding carboxylic acids is 2. The first-order valence-corrected chi connectivity index (χ1v) is 10.3. The number of amides is 2. The molecule has 3 rings (SSSR count). The van der Waals surface area contributed by atoms with Gasteiger partial charge >= 0.3 is 6.18 Å². The van der Waals surface area contributed by atoms with E-state index in [1.165, 1.54) is 30.1 Å². The normalized spacial score (nSPS) is 11.3. The molecule has 1 aromatic heterocycles. The molecule has 0 aliphatic rings. The molecule has 0 radical (unpaired) electrons. The van der Waals surface area contributed by atoms with E-state index in [0.717, 1.165) is 17.4 Å². The predicted octanol–water partition coefficient (Wildman–Crippen LogP) is 6.25. The highest BCUT2D eigenvalue weighted by Crippen LogP contribution is 2.33. The van der Waals surface area contributed by atoms with E-state index in [1.807, 2.05) is 0 Å². The van der Waals surface area contributed by atoms with E-state index in [1.54, 1.807) is 37.3 Å². The van der Waals surface area contributed by atoms with Crippen LogP contribution in [0.15, 0.2) is 54.6 Å². The quantitative estimate of drug-likeness (QED) is 0.483. The van der Waals surface area contributed by atoms with Crippen LogP contribution in [0, 0.1) is 6.92 Å². The molecule has 0 saturated carbocycles. The molecule has 0 fully saturated rings. The summed E-state index contributed by atoms with van der Waals surface area (Å²) in [4.78, 5) is 26.9. The SMILES string of the molecule is Cc1cc(NC(=O)c2ccccc2Cl)sc1C(=O)N(C)Cc1ccccc1C(F)(F)F. The summed E-state index contributed by atoms with van der Waals surface area (Å²) < 4.78 is 39.7. The molecule has 0 spiro atoms. The Bertz CT molecular complexity index is 1130. The number of nitrogens with one attached hydrogen (secondary N) is 1. The number of anilines is 1. The van der Waals surface area contributed by atoms with Crippen LogP contribution >= 0.6 is 22.9 Å². The Hall–Kier alpha value is -2.84. The zero-order valence-electron chi connectivity index (χ0n) is 16.6. The smallest absolute Gasteiger partial charge is 0.337 e. The Morgan fingerprint density at radius 2 is 1.74 bits per heavy atom. The molecule has 0 aliphatic heterocycles. The lowest BCUT2D eigenvalue weighted by Gasteiger charge is -2.20. The van der Waals surface area contributed by atoms with Crippen molar-refractivity contribution in [3.05, 3.63) is 86.8 Å². The van der Waals surface area contributed by atoms with Crippen LogP contribution < -0.4 is 5.32 Å². The van der Waals surface area contributed by atoms with E-state index in [9.17, 15) is 22.8 Å².